The Morgan fingerprint density at radius 2 is 2.00 bits per heavy atom. The van der Waals surface area contributed by atoms with Crippen LogP contribution in [0.1, 0.15) is 25.8 Å². The number of methoxy groups -OCH3 is 1. The van der Waals surface area contributed by atoms with Crippen LogP contribution in [0.5, 0.6) is 0 Å². The lowest BCUT2D eigenvalue weighted by Crippen LogP contribution is -2.25. The summed E-state index contributed by atoms with van der Waals surface area (Å²) in [5.74, 6) is -0.105. The largest absolute Gasteiger partial charge is 0.467 e. The summed E-state index contributed by atoms with van der Waals surface area (Å²) >= 11 is 0. The maximum absolute atomic E-state index is 11.5. The molecule has 0 amide bonds. The van der Waals surface area contributed by atoms with Gasteiger partial charge >= 0.3 is 5.97 Å². The number of nitrogens with zero attached hydrogens (tertiary/aromatic N) is 1. The van der Waals surface area contributed by atoms with Gasteiger partial charge < -0.3 is 4.74 Å². The van der Waals surface area contributed by atoms with Crippen LogP contribution in [0.15, 0.2) is 35.3 Å². The highest BCUT2D eigenvalue weighted by Gasteiger charge is 2.20. The molecule has 0 spiro atoms. The minimum absolute atomic E-state index is 0.158. The van der Waals surface area contributed by atoms with Gasteiger partial charge in [-0.1, -0.05) is 44.2 Å². The standard InChI is InChI=1S/C15H21NO2/c1-12(2)14(15(17)18-3)16-11-7-10-13-8-5-4-6-9-13/h4-6,8-9,11-12,14H,7,10H2,1-3H3. The molecule has 18 heavy (non-hydrogen) atoms. The molecule has 0 radical (unpaired) electrons. The van der Waals surface area contributed by atoms with Crippen molar-refractivity contribution in [1.29, 1.82) is 0 Å². The molecule has 1 aromatic carbocycles. The van der Waals surface area contributed by atoms with Crippen molar-refractivity contribution in [2.75, 3.05) is 7.11 Å². The normalized spacial score (nSPS) is 12.9. The first-order valence-corrected chi connectivity index (χ1v) is 6.28. The van der Waals surface area contributed by atoms with Crippen molar-refractivity contribution in [2.24, 2.45) is 10.9 Å². The zero-order valence-electron chi connectivity index (χ0n) is 11.3. The fourth-order valence-electron chi connectivity index (χ4n) is 1.69. The van der Waals surface area contributed by atoms with E-state index >= 15 is 0 Å². The average molecular weight is 247 g/mol. The number of ether oxygens (including phenoxy) is 1. The maximum atomic E-state index is 11.5. The minimum atomic E-state index is -0.384. The van der Waals surface area contributed by atoms with E-state index < -0.39 is 0 Å². The lowest BCUT2D eigenvalue weighted by atomic mass is 10.1. The van der Waals surface area contributed by atoms with Crippen molar-refractivity contribution < 1.29 is 9.53 Å². The molecular formula is C15H21NO2. The van der Waals surface area contributed by atoms with Crippen LogP contribution in [0.2, 0.25) is 0 Å². The Morgan fingerprint density at radius 1 is 1.33 bits per heavy atom. The first kappa shape index (κ1) is 14.4. The van der Waals surface area contributed by atoms with Gasteiger partial charge in [0.05, 0.1) is 7.11 Å². The number of carbonyl (C=O) groups excluding carboxylic acids is 1. The van der Waals surface area contributed by atoms with Crippen LogP contribution in [0, 0.1) is 5.92 Å². The molecule has 1 rings (SSSR count). The van der Waals surface area contributed by atoms with Gasteiger partial charge in [-0.15, -0.1) is 0 Å². The third-order valence-electron chi connectivity index (χ3n) is 2.75. The van der Waals surface area contributed by atoms with E-state index in [1.54, 1.807) is 0 Å². The molecule has 0 N–H and O–H groups in total. The van der Waals surface area contributed by atoms with Gasteiger partial charge in [0, 0.05) is 6.21 Å². The van der Waals surface area contributed by atoms with E-state index in [2.05, 4.69) is 17.1 Å². The molecule has 0 aliphatic heterocycles. The molecule has 1 atom stereocenters. The molecule has 1 unspecified atom stereocenters. The minimum Gasteiger partial charge on any atom is -0.467 e. The van der Waals surface area contributed by atoms with Gasteiger partial charge in [0.25, 0.3) is 0 Å². The van der Waals surface area contributed by atoms with Gasteiger partial charge in [0.15, 0.2) is 0 Å². The van der Waals surface area contributed by atoms with Crippen molar-refractivity contribution >= 4 is 12.2 Å². The molecular weight excluding hydrogens is 226 g/mol. The van der Waals surface area contributed by atoms with Crippen LogP contribution in [0.4, 0.5) is 0 Å². The molecule has 0 aromatic heterocycles. The fourth-order valence-corrected chi connectivity index (χ4v) is 1.69. The Labute approximate surface area is 109 Å². The number of aliphatic imine (C=N–C) groups is 1. The van der Waals surface area contributed by atoms with Crippen molar-refractivity contribution in [3.8, 4) is 0 Å². The zero-order valence-corrected chi connectivity index (χ0v) is 11.3. The molecule has 0 saturated heterocycles. The van der Waals surface area contributed by atoms with Gasteiger partial charge in [-0.2, -0.15) is 0 Å². The second-order valence-electron chi connectivity index (χ2n) is 4.57. The number of esters is 1. The Balaban J connectivity index is 2.45. The van der Waals surface area contributed by atoms with Crippen LogP contribution in [-0.2, 0) is 16.0 Å². The fraction of sp³-hybridized carbons (Fsp3) is 0.467. The SMILES string of the molecule is COC(=O)C(N=CCCc1ccccc1)C(C)C. The van der Waals surface area contributed by atoms with E-state index in [4.69, 9.17) is 4.74 Å². The molecule has 0 heterocycles. The maximum Gasteiger partial charge on any atom is 0.330 e. The molecule has 98 valence electrons. The molecule has 0 aliphatic carbocycles. The summed E-state index contributed by atoms with van der Waals surface area (Å²) in [5, 5.41) is 0. The molecule has 3 nitrogen and oxygen atoms in total. The second-order valence-corrected chi connectivity index (χ2v) is 4.57. The number of benzene rings is 1. The van der Waals surface area contributed by atoms with Gasteiger partial charge in [-0.25, -0.2) is 4.79 Å². The topological polar surface area (TPSA) is 38.7 Å². The summed E-state index contributed by atoms with van der Waals surface area (Å²) in [7, 11) is 1.40. The number of hydrogen-bond acceptors (Lipinski definition) is 3. The van der Waals surface area contributed by atoms with E-state index in [9.17, 15) is 4.79 Å². The third kappa shape index (κ3) is 4.70. The Kier molecular flexibility index (Phi) is 6.12. The number of rotatable bonds is 6. The summed E-state index contributed by atoms with van der Waals surface area (Å²) in [5.41, 5.74) is 1.28. The lowest BCUT2D eigenvalue weighted by Gasteiger charge is -2.13. The van der Waals surface area contributed by atoms with E-state index in [1.807, 2.05) is 38.3 Å². The van der Waals surface area contributed by atoms with Crippen LogP contribution >= 0.6 is 0 Å². The van der Waals surface area contributed by atoms with Crippen LogP contribution in [0.3, 0.4) is 0 Å². The van der Waals surface area contributed by atoms with Crippen molar-refractivity contribution in [2.45, 2.75) is 32.7 Å². The van der Waals surface area contributed by atoms with E-state index in [0.717, 1.165) is 12.8 Å². The van der Waals surface area contributed by atoms with E-state index in [0.29, 0.717) is 0 Å². The Morgan fingerprint density at radius 3 is 2.56 bits per heavy atom. The first-order valence-electron chi connectivity index (χ1n) is 6.28. The molecule has 0 saturated carbocycles. The highest BCUT2D eigenvalue weighted by molar-refractivity contribution is 5.78. The molecule has 0 bridgehead atoms. The number of carbonyl (C=O) groups is 1. The van der Waals surface area contributed by atoms with Gasteiger partial charge in [-0.05, 0) is 24.3 Å². The van der Waals surface area contributed by atoms with Gasteiger partial charge in [0.2, 0.25) is 0 Å². The van der Waals surface area contributed by atoms with Crippen molar-refractivity contribution in [3.63, 3.8) is 0 Å². The Bertz CT molecular complexity index is 385. The van der Waals surface area contributed by atoms with Crippen LogP contribution < -0.4 is 0 Å². The number of hydrogen-bond donors (Lipinski definition) is 0. The van der Waals surface area contributed by atoms with Gasteiger partial charge in [-0.3, -0.25) is 4.99 Å². The second kappa shape index (κ2) is 7.64. The molecule has 1 aromatic rings. The lowest BCUT2D eigenvalue weighted by molar-refractivity contribution is -0.143. The zero-order chi connectivity index (χ0) is 13.4. The summed E-state index contributed by atoms with van der Waals surface area (Å²) in [6.45, 7) is 3.94. The van der Waals surface area contributed by atoms with E-state index in [-0.39, 0.29) is 17.9 Å². The smallest absolute Gasteiger partial charge is 0.330 e. The quantitative estimate of drug-likeness (QED) is 0.572. The first-order chi connectivity index (χ1) is 8.65. The van der Waals surface area contributed by atoms with E-state index in [1.165, 1.54) is 12.7 Å². The highest BCUT2D eigenvalue weighted by Crippen LogP contribution is 2.08. The highest BCUT2D eigenvalue weighted by atomic mass is 16.5. The predicted octanol–water partition coefficient (Wildman–Crippen LogP) is 2.89. The Hall–Kier alpha value is -1.64. The third-order valence-corrected chi connectivity index (χ3v) is 2.75. The number of aryl methyl sites for hydroxylation is 1. The average Bonchev–Trinajstić information content (AvgIpc) is 2.38. The molecule has 3 heteroatoms. The summed E-state index contributed by atoms with van der Waals surface area (Å²) in [6.07, 6.45) is 3.61. The van der Waals surface area contributed by atoms with Crippen molar-refractivity contribution in [3.05, 3.63) is 35.9 Å². The predicted molar refractivity (Wildman–Crippen MR) is 73.9 cm³/mol. The summed E-state index contributed by atoms with van der Waals surface area (Å²) in [4.78, 5) is 15.8. The molecule has 0 aliphatic rings. The monoisotopic (exact) mass is 247 g/mol. The van der Waals surface area contributed by atoms with Crippen molar-refractivity contribution in [1.82, 2.24) is 0 Å². The van der Waals surface area contributed by atoms with Gasteiger partial charge in [0.1, 0.15) is 6.04 Å². The van der Waals surface area contributed by atoms with Crippen LogP contribution in [-0.4, -0.2) is 25.3 Å². The molecule has 0 fully saturated rings. The summed E-state index contributed by atoms with van der Waals surface area (Å²) in [6, 6.07) is 9.85. The van der Waals surface area contributed by atoms with Crippen LogP contribution in [0.25, 0.3) is 0 Å². The summed E-state index contributed by atoms with van der Waals surface area (Å²) < 4.78 is 4.74.